The van der Waals surface area contributed by atoms with Crippen LogP contribution in [-0.4, -0.2) is 11.2 Å². The van der Waals surface area contributed by atoms with Gasteiger partial charge in [-0.1, -0.05) is 38.0 Å². The van der Waals surface area contributed by atoms with Crippen molar-refractivity contribution in [3.05, 3.63) is 35.1 Å². The highest BCUT2D eigenvalue weighted by Gasteiger charge is 2.24. The fourth-order valence-corrected chi connectivity index (χ4v) is 1.70. The molecule has 0 spiro atoms. The normalized spacial score (nSPS) is 16.9. The molecule has 16 heavy (non-hydrogen) atoms. The van der Waals surface area contributed by atoms with Gasteiger partial charge in [-0.05, 0) is 18.9 Å². The van der Waals surface area contributed by atoms with Gasteiger partial charge in [0.1, 0.15) is 5.82 Å². The van der Waals surface area contributed by atoms with Crippen molar-refractivity contribution in [3.63, 3.8) is 0 Å². The third-order valence-electron chi connectivity index (χ3n) is 3.11. The van der Waals surface area contributed by atoms with E-state index in [1.54, 1.807) is 12.1 Å². The maximum atomic E-state index is 13.6. The number of aryl methyl sites for hydroxylation is 1. The van der Waals surface area contributed by atoms with Gasteiger partial charge in [0.2, 0.25) is 0 Å². The largest absolute Gasteiger partial charge is 0.391 e. The quantitative estimate of drug-likeness (QED) is 0.827. The smallest absolute Gasteiger partial charge is 0.128 e. The fourth-order valence-electron chi connectivity index (χ4n) is 1.70. The zero-order valence-electron chi connectivity index (χ0n) is 10.1. The molecule has 0 aliphatic heterocycles. The first-order chi connectivity index (χ1) is 7.47. The summed E-state index contributed by atoms with van der Waals surface area (Å²) in [5, 5.41) is 9.96. The number of aliphatic hydroxyl groups is 1. The maximum Gasteiger partial charge on any atom is 0.128 e. The minimum Gasteiger partial charge on any atom is -0.391 e. The number of aliphatic hydroxyl groups excluding tert-OH is 1. The van der Waals surface area contributed by atoms with Crippen molar-refractivity contribution in [2.24, 2.45) is 11.7 Å². The predicted molar refractivity (Wildman–Crippen MR) is 63.5 cm³/mol. The Morgan fingerprint density at radius 1 is 1.44 bits per heavy atom. The highest BCUT2D eigenvalue weighted by atomic mass is 19.1. The summed E-state index contributed by atoms with van der Waals surface area (Å²) in [4.78, 5) is 0. The number of benzene rings is 1. The van der Waals surface area contributed by atoms with Crippen molar-refractivity contribution in [3.8, 4) is 0 Å². The maximum absolute atomic E-state index is 13.6. The minimum absolute atomic E-state index is 0.0647. The van der Waals surface area contributed by atoms with Crippen LogP contribution in [0.2, 0.25) is 0 Å². The molecule has 0 fully saturated rings. The van der Waals surface area contributed by atoms with E-state index in [-0.39, 0.29) is 11.7 Å². The first kappa shape index (κ1) is 13.1. The molecule has 0 saturated carbocycles. The second kappa shape index (κ2) is 5.41. The molecule has 0 aromatic heterocycles. The Balaban J connectivity index is 2.95. The van der Waals surface area contributed by atoms with Gasteiger partial charge in [-0.2, -0.15) is 0 Å². The summed E-state index contributed by atoms with van der Waals surface area (Å²) >= 11 is 0. The van der Waals surface area contributed by atoms with Gasteiger partial charge >= 0.3 is 0 Å². The molecular weight excluding hydrogens is 205 g/mol. The summed E-state index contributed by atoms with van der Waals surface area (Å²) in [6, 6.07) is 4.13. The molecule has 0 aliphatic carbocycles. The highest BCUT2D eigenvalue weighted by molar-refractivity contribution is 5.27. The number of halogens is 1. The SMILES string of the molecule is CCC(C)[C@@H](O)[C@@H](N)c1cc(C)ccc1F. The summed E-state index contributed by atoms with van der Waals surface area (Å²) in [6.45, 7) is 5.77. The molecule has 3 N–H and O–H groups in total. The lowest BCUT2D eigenvalue weighted by Crippen LogP contribution is -2.32. The Morgan fingerprint density at radius 3 is 2.62 bits per heavy atom. The van der Waals surface area contributed by atoms with Gasteiger partial charge in [0.25, 0.3) is 0 Å². The average Bonchev–Trinajstić information content (AvgIpc) is 2.29. The highest BCUT2D eigenvalue weighted by Crippen LogP contribution is 2.24. The summed E-state index contributed by atoms with van der Waals surface area (Å²) in [6.07, 6.45) is 0.115. The standard InChI is InChI=1S/C13H20FNO/c1-4-9(3)13(16)12(15)10-7-8(2)5-6-11(10)14/h5-7,9,12-13,16H,4,15H2,1-3H3/t9?,12-,13+/m0/s1. The Bertz CT molecular complexity index is 354. The third-order valence-corrected chi connectivity index (χ3v) is 3.11. The van der Waals surface area contributed by atoms with Gasteiger partial charge in [0.05, 0.1) is 12.1 Å². The van der Waals surface area contributed by atoms with Gasteiger partial charge in [-0.15, -0.1) is 0 Å². The molecule has 1 aromatic carbocycles. The Labute approximate surface area is 96.3 Å². The molecular formula is C13H20FNO. The molecule has 0 saturated heterocycles. The second-order valence-electron chi connectivity index (χ2n) is 4.43. The first-order valence-corrected chi connectivity index (χ1v) is 5.67. The lowest BCUT2D eigenvalue weighted by atomic mass is 9.91. The molecule has 2 nitrogen and oxygen atoms in total. The number of rotatable bonds is 4. The van der Waals surface area contributed by atoms with Crippen molar-refractivity contribution in [2.75, 3.05) is 0 Å². The number of hydrogen-bond acceptors (Lipinski definition) is 2. The zero-order valence-corrected chi connectivity index (χ0v) is 10.1. The lowest BCUT2D eigenvalue weighted by Gasteiger charge is -2.24. The Kier molecular flexibility index (Phi) is 4.44. The van der Waals surface area contributed by atoms with E-state index in [0.717, 1.165) is 12.0 Å². The van der Waals surface area contributed by atoms with Gasteiger partial charge in [-0.25, -0.2) is 4.39 Å². The van der Waals surface area contributed by atoms with Gasteiger partial charge in [-0.3, -0.25) is 0 Å². The van der Waals surface area contributed by atoms with Crippen molar-refractivity contribution in [1.29, 1.82) is 0 Å². The predicted octanol–water partition coefficient (Wildman–Crippen LogP) is 2.54. The van der Waals surface area contributed by atoms with E-state index >= 15 is 0 Å². The summed E-state index contributed by atoms with van der Waals surface area (Å²) in [7, 11) is 0. The molecule has 0 heterocycles. The van der Waals surface area contributed by atoms with Gasteiger partial charge in [0, 0.05) is 5.56 Å². The van der Waals surface area contributed by atoms with Crippen LogP contribution >= 0.6 is 0 Å². The van der Waals surface area contributed by atoms with Crippen LogP contribution in [0.25, 0.3) is 0 Å². The van der Waals surface area contributed by atoms with Crippen molar-refractivity contribution < 1.29 is 9.50 Å². The van der Waals surface area contributed by atoms with Crippen LogP contribution in [0.5, 0.6) is 0 Å². The molecule has 0 bridgehead atoms. The van der Waals surface area contributed by atoms with E-state index < -0.39 is 12.1 Å². The van der Waals surface area contributed by atoms with Crippen LogP contribution in [0.4, 0.5) is 4.39 Å². The van der Waals surface area contributed by atoms with Crippen LogP contribution in [0.15, 0.2) is 18.2 Å². The molecule has 1 unspecified atom stereocenters. The van der Waals surface area contributed by atoms with E-state index in [2.05, 4.69) is 0 Å². The number of nitrogens with two attached hydrogens (primary N) is 1. The van der Waals surface area contributed by atoms with E-state index in [4.69, 9.17) is 5.73 Å². The fraction of sp³-hybridized carbons (Fsp3) is 0.538. The summed E-state index contributed by atoms with van der Waals surface area (Å²) in [5.41, 5.74) is 7.24. The Hall–Kier alpha value is -0.930. The molecule has 90 valence electrons. The van der Waals surface area contributed by atoms with Crippen molar-refractivity contribution in [1.82, 2.24) is 0 Å². The van der Waals surface area contributed by atoms with Crippen molar-refractivity contribution >= 4 is 0 Å². The van der Waals surface area contributed by atoms with Gasteiger partial charge < -0.3 is 10.8 Å². The lowest BCUT2D eigenvalue weighted by molar-refractivity contribution is 0.0867. The monoisotopic (exact) mass is 225 g/mol. The van der Waals surface area contributed by atoms with Gasteiger partial charge in [0.15, 0.2) is 0 Å². The van der Waals surface area contributed by atoms with Crippen LogP contribution < -0.4 is 5.73 Å². The van der Waals surface area contributed by atoms with E-state index in [1.165, 1.54) is 6.07 Å². The van der Waals surface area contributed by atoms with Crippen LogP contribution in [0.1, 0.15) is 37.4 Å². The van der Waals surface area contributed by atoms with E-state index in [9.17, 15) is 9.50 Å². The summed E-state index contributed by atoms with van der Waals surface area (Å²) < 4.78 is 13.6. The topological polar surface area (TPSA) is 46.2 Å². The van der Waals surface area contributed by atoms with Crippen LogP contribution in [-0.2, 0) is 0 Å². The molecule has 0 radical (unpaired) electrons. The molecule has 3 atom stereocenters. The molecule has 0 aliphatic rings. The third kappa shape index (κ3) is 2.80. The average molecular weight is 225 g/mol. The summed E-state index contributed by atoms with van der Waals surface area (Å²) in [5.74, 6) is -0.282. The molecule has 0 amide bonds. The molecule has 3 heteroatoms. The first-order valence-electron chi connectivity index (χ1n) is 5.67. The van der Waals surface area contributed by atoms with Crippen molar-refractivity contribution in [2.45, 2.75) is 39.3 Å². The Morgan fingerprint density at radius 2 is 2.06 bits per heavy atom. The molecule has 1 rings (SSSR count). The zero-order chi connectivity index (χ0) is 12.3. The van der Waals surface area contributed by atoms with E-state index in [1.807, 2.05) is 20.8 Å². The minimum atomic E-state index is -0.707. The van der Waals surface area contributed by atoms with E-state index in [0.29, 0.717) is 5.56 Å². The number of hydrogen-bond donors (Lipinski definition) is 2. The van der Waals surface area contributed by atoms with Crippen LogP contribution in [0.3, 0.4) is 0 Å². The molecule has 1 aromatic rings. The second-order valence-corrected chi connectivity index (χ2v) is 4.43. The van der Waals surface area contributed by atoms with Crippen LogP contribution in [0, 0.1) is 18.7 Å².